The second-order valence-corrected chi connectivity index (χ2v) is 3.85. The molecule has 0 fully saturated rings. The summed E-state index contributed by atoms with van der Waals surface area (Å²) in [7, 11) is 0. The summed E-state index contributed by atoms with van der Waals surface area (Å²) in [5, 5.41) is 11.8. The van der Waals surface area contributed by atoms with Crippen molar-refractivity contribution in [1.29, 1.82) is 0 Å². The number of hydrogen-bond acceptors (Lipinski definition) is 4. The molecule has 4 nitrogen and oxygen atoms in total. The molecule has 0 saturated heterocycles. The number of hydrogen-bond donors (Lipinski definition) is 3. The molecule has 4 N–H and O–H groups in total. The second kappa shape index (κ2) is 5.93. The lowest BCUT2D eigenvalue weighted by atomic mass is 10.3. The maximum atomic E-state index is 8.70. The Morgan fingerprint density at radius 3 is 2.06 bits per heavy atom. The average Bonchev–Trinajstić information content (AvgIpc) is 2.41. The molecule has 2 rings (SSSR count). The molecule has 0 atom stereocenters. The first-order chi connectivity index (χ1) is 8.78. The van der Waals surface area contributed by atoms with Gasteiger partial charge in [-0.1, -0.05) is 0 Å². The molecule has 2 aromatic rings. The number of anilines is 2. The molecule has 0 aliphatic heterocycles. The van der Waals surface area contributed by atoms with Crippen molar-refractivity contribution in [3.05, 3.63) is 48.5 Å². The van der Waals surface area contributed by atoms with Crippen LogP contribution in [0.3, 0.4) is 0 Å². The number of aliphatic hydroxyl groups excluding tert-OH is 1. The van der Waals surface area contributed by atoms with Crippen molar-refractivity contribution in [1.82, 2.24) is 0 Å². The first-order valence-corrected chi connectivity index (χ1v) is 5.76. The Morgan fingerprint density at radius 2 is 1.50 bits per heavy atom. The van der Waals surface area contributed by atoms with Crippen molar-refractivity contribution in [2.45, 2.75) is 0 Å². The third-order valence-electron chi connectivity index (χ3n) is 2.41. The minimum Gasteiger partial charge on any atom is -0.457 e. The van der Waals surface area contributed by atoms with Gasteiger partial charge in [-0.25, -0.2) is 0 Å². The molecule has 0 bridgehead atoms. The van der Waals surface area contributed by atoms with Crippen LogP contribution in [-0.4, -0.2) is 18.3 Å². The van der Waals surface area contributed by atoms with Gasteiger partial charge in [-0.2, -0.15) is 0 Å². The minimum atomic E-state index is 0.115. The standard InChI is InChI=1S/C14H16N2O2/c15-11-1-5-13(6-2-11)18-14-7-3-12(4-8-14)16-9-10-17/h1-8,16-17H,9-10,15H2. The molecule has 0 spiro atoms. The monoisotopic (exact) mass is 244 g/mol. The highest BCUT2D eigenvalue weighted by molar-refractivity contribution is 5.48. The topological polar surface area (TPSA) is 67.5 Å². The number of benzene rings is 2. The lowest BCUT2D eigenvalue weighted by molar-refractivity contribution is 0.311. The average molecular weight is 244 g/mol. The molecule has 0 aromatic heterocycles. The molecule has 0 radical (unpaired) electrons. The lowest BCUT2D eigenvalue weighted by Gasteiger charge is -2.08. The van der Waals surface area contributed by atoms with E-state index in [9.17, 15) is 0 Å². The van der Waals surface area contributed by atoms with Gasteiger partial charge in [-0.3, -0.25) is 0 Å². The summed E-state index contributed by atoms with van der Waals surface area (Å²) in [6.45, 7) is 0.655. The van der Waals surface area contributed by atoms with Crippen molar-refractivity contribution in [3.8, 4) is 11.5 Å². The number of nitrogens with two attached hydrogens (primary N) is 1. The summed E-state index contributed by atoms with van der Waals surface area (Å²) in [5.74, 6) is 1.51. The molecular weight excluding hydrogens is 228 g/mol. The number of ether oxygens (including phenoxy) is 1. The van der Waals surface area contributed by atoms with E-state index >= 15 is 0 Å². The lowest BCUT2D eigenvalue weighted by Crippen LogP contribution is -2.04. The van der Waals surface area contributed by atoms with Crippen molar-refractivity contribution in [3.63, 3.8) is 0 Å². The van der Waals surface area contributed by atoms with Crippen LogP contribution in [0.2, 0.25) is 0 Å². The van der Waals surface area contributed by atoms with Crippen LogP contribution in [0.5, 0.6) is 11.5 Å². The molecule has 0 aliphatic carbocycles. The van der Waals surface area contributed by atoms with Gasteiger partial charge in [0.1, 0.15) is 11.5 Å². The summed E-state index contributed by atoms with van der Waals surface area (Å²) in [6.07, 6.45) is 0. The maximum absolute atomic E-state index is 8.70. The minimum absolute atomic E-state index is 0.115. The first-order valence-electron chi connectivity index (χ1n) is 5.76. The fraction of sp³-hybridized carbons (Fsp3) is 0.143. The summed E-state index contributed by atoms with van der Waals surface area (Å²) in [4.78, 5) is 0. The van der Waals surface area contributed by atoms with Crippen LogP contribution < -0.4 is 15.8 Å². The molecular formula is C14H16N2O2. The van der Waals surface area contributed by atoms with Gasteiger partial charge in [0.2, 0.25) is 0 Å². The van der Waals surface area contributed by atoms with Gasteiger partial charge in [0.15, 0.2) is 0 Å². The predicted molar refractivity (Wildman–Crippen MR) is 72.9 cm³/mol. The zero-order valence-corrected chi connectivity index (χ0v) is 9.97. The number of aliphatic hydroxyl groups is 1. The summed E-state index contributed by atoms with van der Waals surface area (Å²) in [5.41, 5.74) is 7.27. The SMILES string of the molecule is Nc1ccc(Oc2ccc(NCCO)cc2)cc1. The van der Waals surface area contributed by atoms with E-state index in [1.54, 1.807) is 12.1 Å². The van der Waals surface area contributed by atoms with Crippen LogP contribution in [0, 0.1) is 0 Å². The predicted octanol–water partition coefficient (Wildman–Crippen LogP) is 2.47. The Labute approximate surface area is 106 Å². The third-order valence-corrected chi connectivity index (χ3v) is 2.41. The highest BCUT2D eigenvalue weighted by Gasteiger charge is 1.97. The Hall–Kier alpha value is -2.20. The molecule has 0 aliphatic rings. The molecule has 0 heterocycles. The third kappa shape index (κ3) is 3.40. The zero-order chi connectivity index (χ0) is 12.8. The van der Waals surface area contributed by atoms with E-state index < -0.39 is 0 Å². The molecule has 94 valence electrons. The summed E-state index contributed by atoms with van der Waals surface area (Å²) < 4.78 is 5.66. The Balaban J connectivity index is 1.99. The van der Waals surface area contributed by atoms with Gasteiger partial charge in [-0.15, -0.1) is 0 Å². The van der Waals surface area contributed by atoms with Crippen molar-refractivity contribution < 1.29 is 9.84 Å². The Kier molecular flexibility index (Phi) is 4.04. The molecule has 18 heavy (non-hydrogen) atoms. The van der Waals surface area contributed by atoms with E-state index in [-0.39, 0.29) is 6.61 Å². The normalized spacial score (nSPS) is 10.1. The van der Waals surface area contributed by atoms with E-state index in [0.717, 1.165) is 17.2 Å². The van der Waals surface area contributed by atoms with Crippen LogP contribution in [0.25, 0.3) is 0 Å². The fourth-order valence-electron chi connectivity index (χ4n) is 1.51. The Bertz CT molecular complexity index is 480. The van der Waals surface area contributed by atoms with Crippen LogP contribution in [0.4, 0.5) is 11.4 Å². The van der Waals surface area contributed by atoms with Crippen LogP contribution in [-0.2, 0) is 0 Å². The van der Waals surface area contributed by atoms with Crippen molar-refractivity contribution in [2.75, 3.05) is 24.2 Å². The molecule has 0 unspecified atom stereocenters. The quantitative estimate of drug-likeness (QED) is 0.707. The van der Waals surface area contributed by atoms with Gasteiger partial charge in [0.05, 0.1) is 6.61 Å². The van der Waals surface area contributed by atoms with E-state index in [1.165, 1.54) is 0 Å². The Morgan fingerprint density at radius 1 is 0.944 bits per heavy atom. The number of nitrogen functional groups attached to an aromatic ring is 1. The summed E-state index contributed by atoms with van der Waals surface area (Å²) in [6, 6.07) is 14.8. The first kappa shape index (κ1) is 12.3. The van der Waals surface area contributed by atoms with Crippen LogP contribution in [0.1, 0.15) is 0 Å². The second-order valence-electron chi connectivity index (χ2n) is 3.85. The highest BCUT2D eigenvalue weighted by Crippen LogP contribution is 2.23. The smallest absolute Gasteiger partial charge is 0.127 e. The van der Waals surface area contributed by atoms with Crippen LogP contribution in [0.15, 0.2) is 48.5 Å². The van der Waals surface area contributed by atoms with Crippen molar-refractivity contribution >= 4 is 11.4 Å². The van der Waals surface area contributed by atoms with Gasteiger partial charge in [0, 0.05) is 17.9 Å². The maximum Gasteiger partial charge on any atom is 0.127 e. The zero-order valence-electron chi connectivity index (χ0n) is 9.97. The molecule has 0 amide bonds. The number of rotatable bonds is 5. The van der Waals surface area contributed by atoms with E-state index in [0.29, 0.717) is 12.2 Å². The molecule has 2 aromatic carbocycles. The largest absolute Gasteiger partial charge is 0.457 e. The highest BCUT2D eigenvalue weighted by atomic mass is 16.5. The number of nitrogens with one attached hydrogen (secondary N) is 1. The van der Waals surface area contributed by atoms with E-state index in [2.05, 4.69) is 5.32 Å². The van der Waals surface area contributed by atoms with Gasteiger partial charge in [0.25, 0.3) is 0 Å². The molecule has 0 saturated carbocycles. The van der Waals surface area contributed by atoms with E-state index in [4.69, 9.17) is 15.6 Å². The van der Waals surface area contributed by atoms with E-state index in [1.807, 2.05) is 36.4 Å². The van der Waals surface area contributed by atoms with Crippen molar-refractivity contribution in [2.24, 2.45) is 0 Å². The van der Waals surface area contributed by atoms with Gasteiger partial charge in [-0.05, 0) is 48.5 Å². The van der Waals surface area contributed by atoms with Gasteiger partial charge >= 0.3 is 0 Å². The van der Waals surface area contributed by atoms with Gasteiger partial charge < -0.3 is 20.9 Å². The summed E-state index contributed by atoms with van der Waals surface area (Å²) >= 11 is 0. The van der Waals surface area contributed by atoms with Crippen LogP contribution >= 0.6 is 0 Å². The molecule has 4 heteroatoms. The fourth-order valence-corrected chi connectivity index (χ4v) is 1.51.